The number of hydrogen-bond acceptors (Lipinski definition) is 12. The summed E-state index contributed by atoms with van der Waals surface area (Å²) in [6.45, 7) is 5.52. The Morgan fingerprint density at radius 1 is 1.25 bits per heavy atom. The number of para-hydroxylation sites is 1. The van der Waals surface area contributed by atoms with Crippen molar-refractivity contribution in [2.75, 3.05) is 33.8 Å². The first-order chi connectivity index (χ1) is 18.6. The second kappa shape index (κ2) is 8.96. The van der Waals surface area contributed by atoms with Crippen molar-refractivity contribution in [1.29, 1.82) is 0 Å². The van der Waals surface area contributed by atoms with Crippen molar-refractivity contribution in [2.45, 2.75) is 55.8 Å². The number of amides is 4. The van der Waals surface area contributed by atoms with Gasteiger partial charge >= 0.3 is 6.03 Å². The van der Waals surface area contributed by atoms with E-state index in [0.717, 1.165) is 10.5 Å². The molecule has 2 fully saturated rings. The molecule has 4 aliphatic heterocycles. The smallest absolute Gasteiger partial charge is 0.327 e. The molecular formula is C25H35N9O6. The predicted octanol–water partition coefficient (Wildman–Crippen LogP) is -2.34. The summed E-state index contributed by atoms with van der Waals surface area (Å²) < 4.78 is 5.59. The summed E-state index contributed by atoms with van der Waals surface area (Å²) >= 11 is 0. The maximum atomic E-state index is 13.5. The van der Waals surface area contributed by atoms with Gasteiger partial charge in [-0.05, 0) is 11.5 Å². The van der Waals surface area contributed by atoms with E-state index in [1.807, 2.05) is 26.8 Å². The van der Waals surface area contributed by atoms with Gasteiger partial charge in [-0.3, -0.25) is 14.5 Å². The Balaban J connectivity index is 1.47. The van der Waals surface area contributed by atoms with Crippen molar-refractivity contribution < 1.29 is 29.3 Å². The van der Waals surface area contributed by atoms with Crippen molar-refractivity contribution in [2.24, 2.45) is 21.5 Å². The molecule has 2 saturated heterocycles. The van der Waals surface area contributed by atoms with Crippen LogP contribution in [-0.4, -0.2) is 118 Å². The molecule has 0 saturated carbocycles. The van der Waals surface area contributed by atoms with E-state index in [1.54, 1.807) is 12.1 Å². The van der Waals surface area contributed by atoms with Gasteiger partial charge in [0.15, 0.2) is 17.6 Å². The number of nitrogens with two attached hydrogens (primary N) is 2. The highest BCUT2D eigenvalue weighted by Gasteiger charge is 2.73. The van der Waals surface area contributed by atoms with Gasteiger partial charge in [0, 0.05) is 19.2 Å². The zero-order valence-electron chi connectivity index (χ0n) is 23.0. The van der Waals surface area contributed by atoms with Crippen molar-refractivity contribution in [3.8, 4) is 5.75 Å². The number of carbonyl (C=O) groups excluding carboxylic acids is 3. The van der Waals surface area contributed by atoms with E-state index in [-0.39, 0.29) is 42.5 Å². The number of carbonyl (C=O) groups is 3. The quantitative estimate of drug-likeness (QED) is 0.168. The van der Waals surface area contributed by atoms with Crippen LogP contribution >= 0.6 is 0 Å². The number of rotatable bonds is 5. The second-order valence-electron chi connectivity index (χ2n) is 11.5. The molecule has 1 spiro atoms. The highest BCUT2D eigenvalue weighted by molar-refractivity contribution is 6.02. The van der Waals surface area contributed by atoms with Crippen LogP contribution in [0, 0.1) is 0 Å². The number of imide groups is 1. The topological polar surface area (TPSA) is 211 Å². The highest BCUT2D eigenvalue weighted by Crippen LogP contribution is 2.45. The third kappa shape index (κ3) is 3.83. The van der Waals surface area contributed by atoms with Crippen LogP contribution in [0.15, 0.2) is 28.2 Å². The Morgan fingerprint density at radius 2 is 1.95 bits per heavy atom. The number of aliphatic hydroxyl groups is 2. The summed E-state index contributed by atoms with van der Waals surface area (Å²) in [5.74, 6) is -3.53. The number of urea groups is 1. The molecule has 0 aliphatic carbocycles. The molecule has 5 rings (SSSR count). The van der Waals surface area contributed by atoms with Gasteiger partial charge < -0.3 is 46.9 Å². The third-order valence-corrected chi connectivity index (χ3v) is 7.98. The average Bonchev–Trinajstić information content (AvgIpc) is 3.43. The molecule has 0 aromatic heterocycles. The van der Waals surface area contributed by atoms with Crippen LogP contribution in [0.5, 0.6) is 5.75 Å². The van der Waals surface area contributed by atoms with E-state index in [4.69, 9.17) is 16.2 Å². The number of aliphatic imine (C=N–C) groups is 2. The van der Waals surface area contributed by atoms with Gasteiger partial charge in [-0.1, -0.05) is 32.9 Å². The lowest BCUT2D eigenvalue weighted by Crippen LogP contribution is -2.78. The monoisotopic (exact) mass is 557 g/mol. The molecule has 8 N–H and O–H groups in total. The first kappa shape index (κ1) is 27.5. The second-order valence-corrected chi connectivity index (χ2v) is 11.5. The molecule has 4 amide bonds. The SMILES string of the molecule is COc1c(C(=O)NC2CN3C(N)=N[C@@H](CN4C(=O)CN(C)C4=O)[C@@H]4N=C(N)NC43C2(O)O)cccc1C(C)(C)C. The molecular weight excluding hydrogens is 522 g/mol. The molecule has 40 heavy (non-hydrogen) atoms. The Morgan fingerprint density at radius 3 is 2.55 bits per heavy atom. The molecule has 1 aromatic carbocycles. The lowest BCUT2D eigenvalue weighted by Gasteiger charge is -2.49. The minimum atomic E-state index is -2.68. The first-order valence-electron chi connectivity index (χ1n) is 12.8. The molecule has 4 atom stereocenters. The predicted molar refractivity (Wildman–Crippen MR) is 143 cm³/mol. The van der Waals surface area contributed by atoms with Gasteiger partial charge in [0.05, 0.1) is 25.3 Å². The van der Waals surface area contributed by atoms with Gasteiger partial charge in [0.1, 0.15) is 24.4 Å². The maximum Gasteiger partial charge on any atom is 0.327 e. The molecule has 4 aliphatic rings. The Hall–Kier alpha value is -4.11. The number of guanidine groups is 2. The molecule has 0 bridgehead atoms. The summed E-state index contributed by atoms with van der Waals surface area (Å²) in [5, 5.41) is 28.9. The fourth-order valence-corrected chi connectivity index (χ4v) is 6.03. The van der Waals surface area contributed by atoms with Crippen LogP contribution in [0.4, 0.5) is 4.79 Å². The Labute approximate surface area is 230 Å². The largest absolute Gasteiger partial charge is 0.496 e. The summed E-state index contributed by atoms with van der Waals surface area (Å²) in [6, 6.07) is 1.38. The Bertz CT molecular complexity index is 1340. The lowest BCUT2D eigenvalue weighted by atomic mass is 9.84. The number of methoxy groups -OCH3 is 1. The van der Waals surface area contributed by atoms with Crippen molar-refractivity contribution in [3.63, 3.8) is 0 Å². The van der Waals surface area contributed by atoms with Gasteiger partial charge in [-0.15, -0.1) is 0 Å². The number of likely N-dealkylation sites (N-methyl/N-ethyl adjacent to an activating group) is 1. The minimum Gasteiger partial charge on any atom is -0.496 e. The number of hydrogen-bond donors (Lipinski definition) is 6. The zero-order valence-corrected chi connectivity index (χ0v) is 23.0. The Kier molecular flexibility index (Phi) is 6.15. The number of ether oxygens (including phenoxy) is 1. The standard InChI is InChI=1S/C25H35N9O6/c1-23(2,3)13-8-6-7-12(17(13)40-5)19(36)29-15-10-34-21(27)28-14(9-33-16(35)11-32(4)22(33)37)18-24(34,25(15,38)39)31-20(26)30-18/h6-8,14-15,18,38-39H,9-11H2,1-5H3,(H2,27,28)(H,29,36)(H3,26,30,31)/t14-,15?,18-,24?/m0/s1. The molecule has 2 unspecified atom stereocenters. The van der Waals surface area contributed by atoms with Crippen LogP contribution in [0.3, 0.4) is 0 Å². The van der Waals surface area contributed by atoms with E-state index in [0.29, 0.717) is 5.75 Å². The summed E-state index contributed by atoms with van der Waals surface area (Å²) in [7, 11) is 2.97. The summed E-state index contributed by atoms with van der Waals surface area (Å²) in [4.78, 5) is 51.0. The summed E-state index contributed by atoms with van der Waals surface area (Å²) in [6.07, 6.45) is 0. The summed E-state index contributed by atoms with van der Waals surface area (Å²) in [5.41, 5.74) is 11.2. The van der Waals surface area contributed by atoms with Crippen molar-refractivity contribution in [3.05, 3.63) is 29.3 Å². The molecule has 0 radical (unpaired) electrons. The van der Waals surface area contributed by atoms with Crippen LogP contribution < -0.4 is 26.8 Å². The highest BCUT2D eigenvalue weighted by atomic mass is 16.5. The van der Waals surface area contributed by atoms with Crippen LogP contribution in [0.2, 0.25) is 0 Å². The van der Waals surface area contributed by atoms with Gasteiger partial charge in [-0.25, -0.2) is 14.8 Å². The molecule has 15 nitrogen and oxygen atoms in total. The molecule has 1 aromatic rings. The average molecular weight is 558 g/mol. The molecule has 216 valence electrons. The van der Waals surface area contributed by atoms with Gasteiger partial charge in [0.2, 0.25) is 11.7 Å². The zero-order chi connectivity index (χ0) is 29.4. The maximum absolute atomic E-state index is 13.5. The van der Waals surface area contributed by atoms with E-state index in [9.17, 15) is 24.6 Å². The first-order valence-corrected chi connectivity index (χ1v) is 12.8. The van der Waals surface area contributed by atoms with Crippen molar-refractivity contribution in [1.82, 2.24) is 25.3 Å². The number of nitrogens with zero attached hydrogens (tertiary/aromatic N) is 5. The normalized spacial score (nSPS) is 29.1. The van der Waals surface area contributed by atoms with Gasteiger partial charge in [-0.2, -0.15) is 0 Å². The van der Waals surface area contributed by atoms with Crippen LogP contribution in [0.1, 0.15) is 36.7 Å². The van der Waals surface area contributed by atoms with Gasteiger partial charge in [0.25, 0.3) is 5.91 Å². The van der Waals surface area contributed by atoms with E-state index >= 15 is 0 Å². The third-order valence-electron chi connectivity index (χ3n) is 7.98. The fourth-order valence-electron chi connectivity index (χ4n) is 6.03. The van der Waals surface area contributed by atoms with Crippen LogP contribution in [0.25, 0.3) is 0 Å². The number of nitrogens with one attached hydrogen (secondary N) is 2. The van der Waals surface area contributed by atoms with Crippen LogP contribution in [-0.2, 0) is 10.2 Å². The molecule has 15 heteroatoms. The number of benzene rings is 1. The van der Waals surface area contributed by atoms with E-state index in [1.165, 1.54) is 24.0 Å². The van der Waals surface area contributed by atoms with E-state index < -0.39 is 47.4 Å². The molecule has 4 heterocycles. The fraction of sp³-hybridized carbons (Fsp3) is 0.560. The van der Waals surface area contributed by atoms with Crippen molar-refractivity contribution >= 4 is 29.8 Å². The van der Waals surface area contributed by atoms with E-state index in [2.05, 4.69) is 20.6 Å². The minimum absolute atomic E-state index is 0.0890. The lowest BCUT2D eigenvalue weighted by molar-refractivity contribution is -0.230.